The second-order valence-electron chi connectivity index (χ2n) is 2.99. The molecule has 1 N–H and O–H groups in total. The van der Waals surface area contributed by atoms with Gasteiger partial charge in [-0.05, 0) is 19.1 Å². The third-order valence-corrected chi connectivity index (χ3v) is 3.47. The standard InChI is InChI=1S/C9H11F2NO3S/c1-2-12(16(14,15)9(10)11)7-4-3-5-8(13)6-7/h3-6,9,13H,2H2,1H3. The van der Waals surface area contributed by atoms with Crippen molar-refractivity contribution in [2.24, 2.45) is 0 Å². The lowest BCUT2D eigenvalue weighted by Crippen LogP contribution is -2.35. The maximum absolute atomic E-state index is 12.3. The zero-order valence-electron chi connectivity index (χ0n) is 8.47. The summed E-state index contributed by atoms with van der Waals surface area (Å²) in [7, 11) is -4.67. The van der Waals surface area contributed by atoms with E-state index in [1.54, 1.807) is 0 Å². The lowest BCUT2D eigenvalue weighted by Gasteiger charge is -2.22. The number of hydrogen-bond donors (Lipinski definition) is 1. The SMILES string of the molecule is CCN(c1cccc(O)c1)S(=O)(=O)C(F)F. The largest absolute Gasteiger partial charge is 0.508 e. The van der Waals surface area contributed by atoms with Crippen LogP contribution in [0.5, 0.6) is 5.75 Å². The third-order valence-electron chi connectivity index (χ3n) is 1.94. The number of halogens is 2. The minimum absolute atomic E-state index is 0.0165. The smallest absolute Gasteiger partial charge is 0.355 e. The molecule has 1 rings (SSSR count). The summed E-state index contributed by atoms with van der Waals surface area (Å²) in [5.41, 5.74) is 0.0165. The number of phenolic OH excluding ortho intramolecular Hbond substituents is 1. The minimum Gasteiger partial charge on any atom is -0.508 e. The zero-order chi connectivity index (χ0) is 12.3. The molecular weight excluding hydrogens is 240 g/mol. The van der Waals surface area contributed by atoms with E-state index in [1.807, 2.05) is 0 Å². The van der Waals surface area contributed by atoms with Gasteiger partial charge >= 0.3 is 5.76 Å². The first kappa shape index (κ1) is 12.7. The van der Waals surface area contributed by atoms with Gasteiger partial charge in [0.1, 0.15) is 5.75 Å². The van der Waals surface area contributed by atoms with E-state index in [4.69, 9.17) is 5.11 Å². The maximum atomic E-state index is 12.3. The van der Waals surface area contributed by atoms with Gasteiger partial charge in [0.15, 0.2) is 0 Å². The molecule has 1 aromatic carbocycles. The van der Waals surface area contributed by atoms with Gasteiger partial charge in [0.2, 0.25) is 0 Å². The quantitative estimate of drug-likeness (QED) is 0.887. The molecule has 0 saturated heterocycles. The molecule has 0 unspecified atom stereocenters. The first-order valence-corrected chi connectivity index (χ1v) is 5.98. The molecule has 0 bridgehead atoms. The summed E-state index contributed by atoms with van der Waals surface area (Å²) >= 11 is 0. The van der Waals surface area contributed by atoms with Crippen LogP contribution >= 0.6 is 0 Å². The van der Waals surface area contributed by atoms with Gasteiger partial charge in [-0.15, -0.1) is 0 Å². The van der Waals surface area contributed by atoms with Crippen molar-refractivity contribution in [3.05, 3.63) is 24.3 Å². The molecule has 0 atom stereocenters. The Bertz CT molecular complexity index is 462. The molecule has 4 nitrogen and oxygen atoms in total. The predicted octanol–water partition coefficient (Wildman–Crippen LogP) is 1.77. The van der Waals surface area contributed by atoms with Gasteiger partial charge < -0.3 is 5.11 Å². The van der Waals surface area contributed by atoms with Crippen molar-refractivity contribution in [3.63, 3.8) is 0 Å². The number of anilines is 1. The molecule has 0 radical (unpaired) electrons. The fourth-order valence-electron chi connectivity index (χ4n) is 1.25. The van der Waals surface area contributed by atoms with E-state index in [2.05, 4.69) is 0 Å². The highest BCUT2D eigenvalue weighted by Crippen LogP contribution is 2.24. The van der Waals surface area contributed by atoms with Gasteiger partial charge in [-0.3, -0.25) is 4.31 Å². The van der Waals surface area contributed by atoms with E-state index in [0.717, 1.165) is 6.07 Å². The number of sulfonamides is 1. The Morgan fingerprint density at radius 2 is 2.06 bits per heavy atom. The number of phenols is 1. The van der Waals surface area contributed by atoms with Crippen molar-refractivity contribution in [1.29, 1.82) is 0 Å². The Morgan fingerprint density at radius 3 is 2.50 bits per heavy atom. The summed E-state index contributed by atoms with van der Waals surface area (Å²) in [6.45, 7) is 1.31. The van der Waals surface area contributed by atoms with Crippen LogP contribution in [0.3, 0.4) is 0 Å². The zero-order valence-corrected chi connectivity index (χ0v) is 9.29. The van der Waals surface area contributed by atoms with Crippen LogP contribution in [0.25, 0.3) is 0 Å². The van der Waals surface area contributed by atoms with E-state index in [-0.39, 0.29) is 18.0 Å². The van der Waals surface area contributed by atoms with E-state index < -0.39 is 15.8 Å². The number of nitrogens with zero attached hydrogens (tertiary/aromatic N) is 1. The Hall–Kier alpha value is -1.37. The Kier molecular flexibility index (Phi) is 3.69. The second kappa shape index (κ2) is 4.65. The molecule has 0 fully saturated rings. The summed E-state index contributed by atoms with van der Waals surface area (Å²) in [6.07, 6.45) is 0. The first-order chi connectivity index (χ1) is 7.39. The van der Waals surface area contributed by atoms with Crippen LogP contribution in [0.2, 0.25) is 0 Å². The first-order valence-electron chi connectivity index (χ1n) is 4.48. The summed E-state index contributed by atoms with van der Waals surface area (Å²) in [4.78, 5) is 0. The molecule has 0 amide bonds. The fraction of sp³-hybridized carbons (Fsp3) is 0.333. The van der Waals surface area contributed by atoms with Crippen molar-refractivity contribution in [3.8, 4) is 5.75 Å². The molecule has 0 heterocycles. The van der Waals surface area contributed by atoms with Crippen LogP contribution in [0.15, 0.2) is 24.3 Å². The van der Waals surface area contributed by atoms with Crippen molar-refractivity contribution < 1.29 is 22.3 Å². The number of rotatable bonds is 4. The van der Waals surface area contributed by atoms with Gasteiger partial charge in [0, 0.05) is 12.6 Å². The van der Waals surface area contributed by atoms with Gasteiger partial charge in [-0.2, -0.15) is 8.78 Å². The third kappa shape index (κ3) is 2.41. The van der Waals surface area contributed by atoms with Gasteiger partial charge in [-0.1, -0.05) is 6.07 Å². The average Bonchev–Trinajstić information content (AvgIpc) is 2.18. The number of benzene rings is 1. The second-order valence-corrected chi connectivity index (χ2v) is 4.82. The molecule has 90 valence electrons. The predicted molar refractivity (Wildman–Crippen MR) is 56.1 cm³/mol. The summed E-state index contributed by atoms with van der Waals surface area (Å²) in [5, 5.41) is 9.15. The highest BCUT2D eigenvalue weighted by Gasteiger charge is 2.31. The van der Waals surface area contributed by atoms with Crippen molar-refractivity contribution in [2.75, 3.05) is 10.8 Å². The summed E-state index contributed by atoms with van der Waals surface area (Å²) < 4.78 is 47.8. The molecule has 0 aliphatic heterocycles. The lowest BCUT2D eigenvalue weighted by atomic mass is 10.3. The molecule has 0 aliphatic carbocycles. The van der Waals surface area contributed by atoms with Crippen LogP contribution in [-0.2, 0) is 10.0 Å². The van der Waals surface area contributed by atoms with Gasteiger partial charge in [0.05, 0.1) is 5.69 Å². The Labute approximate surface area is 92.2 Å². The molecule has 0 saturated carbocycles. The van der Waals surface area contributed by atoms with Crippen LogP contribution in [-0.4, -0.2) is 25.8 Å². The van der Waals surface area contributed by atoms with Gasteiger partial charge in [0.25, 0.3) is 10.0 Å². The van der Waals surface area contributed by atoms with E-state index in [1.165, 1.54) is 25.1 Å². The van der Waals surface area contributed by atoms with Crippen molar-refractivity contribution in [2.45, 2.75) is 12.7 Å². The highest BCUT2D eigenvalue weighted by atomic mass is 32.2. The molecule has 0 spiro atoms. The summed E-state index contributed by atoms with van der Waals surface area (Å²) in [5.74, 6) is -3.66. The Morgan fingerprint density at radius 1 is 1.44 bits per heavy atom. The number of aromatic hydroxyl groups is 1. The Balaban J connectivity index is 3.19. The monoisotopic (exact) mass is 251 g/mol. The molecule has 1 aromatic rings. The van der Waals surface area contributed by atoms with Crippen LogP contribution in [0.4, 0.5) is 14.5 Å². The average molecular weight is 251 g/mol. The van der Waals surface area contributed by atoms with Crippen LogP contribution < -0.4 is 4.31 Å². The topological polar surface area (TPSA) is 57.6 Å². The van der Waals surface area contributed by atoms with Crippen LogP contribution in [0, 0.1) is 0 Å². The van der Waals surface area contributed by atoms with Crippen molar-refractivity contribution in [1.82, 2.24) is 0 Å². The molecule has 0 aliphatic rings. The number of alkyl halides is 2. The fourth-order valence-corrected chi connectivity index (χ4v) is 2.21. The minimum atomic E-state index is -4.67. The highest BCUT2D eigenvalue weighted by molar-refractivity contribution is 7.93. The molecular formula is C9H11F2NO3S. The van der Waals surface area contributed by atoms with Gasteiger partial charge in [-0.25, -0.2) is 8.42 Å². The molecule has 0 aromatic heterocycles. The maximum Gasteiger partial charge on any atom is 0.355 e. The van der Waals surface area contributed by atoms with E-state index in [9.17, 15) is 17.2 Å². The molecule has 7 heteroatoms. The molecule has 16 heavy (non-hydrogen) atoms. The van der Waals surface area contributed by atoms with E-state index in [0.29, 0.717) is 4.31 Å². The van der Waals surface area contributed by atoms with Crippen molar-refractivity contribution >= 4 is 15.7 Å². The van der Waals surface area contributed by atoms with Crippen LogP contribution in [0.1, 0.15) is 6.92 Å². The van der Waals surface area contributed by atoms with E-state index >= 15 is 0 Å². The normalized spacial score (nSPS) is 11.8. The number of hydrogen-bond acceptors (Lipinski definition) is 3. The lowest BCUT2D eigenvalue weighted by molar-refractivity contribution is 0.234. The summed E-state index contributed by atoms with van der Waals surface area (Å²) in [6, 6.07) is 5.16.